The maximum Gasteiger partial charge on any atom is 0.259 e. The van der Waals surface area contributed by atoms with Gasteiger partial charge in [0.25, 0.3) is 11.8 Å². The molecule has 0 unspecified atom stereocenters. The Morgan fingerprint density at radius 3 is 2.22 bits per heavy atom. The van der Waals surface area contributed by atoms with Crippen molar-refractivity contribution in [1.82, 2.24) is 0 Å². The van der Waals surface area contributed by atoms with Gasteiger partial charge in [0.1, 0.15) is 12.4 Å². The molecular formula is C26H28N2O4. The summed E-state index contributed by atoms with van der Waals surface area (Å²) in [6, 6.07) is 19.6. The number of anilines is 2. The number of aryl methyl sites for hydroxylation is 2. The molecule has 3 aromatic carbocycles. The Labute approximate surface area is 188 Å². The van der Waals surface area contributed by atoms with Crippen LogP contribution in [-0.2, 0) is 4.74 Å². The molecule has 0 saturated heterocycles. The van der Waals surface area contributed by atoms with Crippen molar-refractivity contribution in [3.8, 4) is 5.75 Å². The summed E-state index contributed by atoms with van der Waals surface area (Å²) < 4.78 is 11.0. The van der Waals surface area contributed by atoms with E-state index in [1.807, 2.05) is 39.0 Å². The Morgan fingerprint density at radius 2 is 1.47 bits per heavy atom. The molecule has 32 heavy (non-hydrogen) atoms. The monoisotopic (exact) mass is 432 g/mol. The molecule has 0 saturated carbocycles. The molecule has 0 heterocycles. The molecule has 0 bridgehead atoms. The summed E-state index contributed by atoms with van der Waals surface area (Å²) in [7, 11) is 0. The Hall–Kier alpha value is -3.64. The van der Waals surface area contributed by atoms with Gasteiger partial charge in [-0.15, -0.1) is 0 Å². The van der Waals surface area contributed by atoms with Gasteiger partial charge in [0.2, 0.25) is 0 Å². The van der Waals surface area contributed by atoms with Gasteiger partial charge in [0, 0.05) is 12.3 Å². The lowest BCUT2D eigenvalue weighted by Crippen LogP contribution is -2.19. The standard InChI is InChI=1S/C26H28N2O4/c1-4-31-15-16-32-24-12-8-6-10-22(24)26(30)28-23-11-7-5-9-21(23)25(29)27-20-14-13-18(2)19(3)17-20/h5-14,17H,4,15-16H2,1-3H3,(H,27,29)(H,28,30). The number of benzene rings is 3. The molecule has 166 valence electrons. The third-order valence-corrected chi connectivity index (χ3v) is 5.01. The average molecular weight is 433 g/mol. The topological polar surface area (TPSA) is 76.7 Å². The van der Waals surface area contributed by atoms with Gasteiger partial charge in [0.15, 0.2) is 0 Å². The van der Waals surface area contributed by atoms with E-state index in [9.17, 15) is 9.59 Å². The van der Waals surface area contributed by atoms with Crippen LogP contribution in [-0.4, -0.2) is 31.6 Å². The van der Waals surface area contributed by atoms with E-state index in [0.29, 0.717) is 48.1 Å². The highest BCUT2D eigenvalue weighted by molar-refractivity contribution is 6.13. The van der Waals surface area contributed by atoms with Crippen molar-refractivity contribution in [3.63, 3.8) is 0 Å². The van der Waals surface area contributed by atoms with E-state index in [-0.39, 0.29) is 11.8 Å². The molecule has 0 atom stereocenters. The lowest BCUT2D eigenvalue weighted by Gasteiger charge is -2.14. The zero-order valence-corrected chi connectivity index (χ0v) is 18.6. The maximum absolute atomic E-state index is 13.0. The van der Waals surface area contributed by atoms with Gasteiger partial charge in [-0.25, -0.2) is 0 Å². The van der Waals surface area contributed by atoms with Crippen molar-refractivity contribution in [3.05, 3.63) is 89.0 Å². The van der Waals surface area contributed by atoms with Gasteiger partial charge < -0.3 is 20.1 Å². The van der Waals surface area contributed by atoms with E-state index in [0.717, 1.165) is 11.1 Å². The van der Waals surface area contributed by atoms with Gasteiger partial charge in [-0.2, -0.15) is 0 Å². The molecule has 3 aromatic rings. The normalized spacial score (nSPS) is 10.5. The molecule has 6 nitrogen and oxygen atoms in total. The van der Waals surface area contributed by atoms with Crippen LogP contribution < -0.4 is 15.4 Å². The SMILES string of the molecule is CCOCCOc1ccccc1C(=O)Nc1ccccc1C(=O)Nc1ccc(C)c(C)c1. The van der Waals surface area contributed by atoms with Crippen molar-refractivity contribution >= 4 is 23.2 Å². The number of carbonyl (C=O) groups is 2. The van der Waals surface area contributed by atoms with E-state index >= 15 is 0 Å². The second-order valence-corrected chi connectivity index (χ2v) is 7.29. The van der Waals surface area contributed by atoms with Gasteiger partial charge in [-0.1, -0.05) is 30.3 Å². The van der Waals surface area contributed by atoms with E-state index in [2.05, 4.69) is 10.6 Å². The van der Waals surface area contributed by atoms with Crippen molar-refractivity contribution in [2.24, 2.45) is 0 Å². The molecule has 0 aliphatic rings. The predicted molar refractivity (Wildman–Crippen MR) is 127 cm³/mol. The van der Waals surface area contributed by atoms with Crippen LogP contribution in [0.5, 0.6) is 5.75 Å². The van der Waals surface area contributed by atoms with Gasteiger partial charge in [0.05, 0.1) is 23.4 Å². The van der Waals surface area contributed by atoms with Crippen molar-refractivity contribution in [2.75, 3.05) is 30.5 Å². The highest BCUT2D eigenvalue weighted by Gasteiger charge is 2.17. The molecule has 0 fully saturated rings. The highest BCUT2D eigenvalue weighted by Crippen LogP contribution is 2.23. The second kappa shape index (κ2) is 11.1. The quantitative estimate of drug-likeness (QED) is 0.454. The maximum atomic E-state index is 13.0. The molecule has 0 aliphatic heterocycles. The number of hydrogen-bond acceptors (Lipinski definition) is 4. The van der Waals surface area contributed by atoms with Crippen LogP contribution in [0.15, 0.2) is 66.7 Å². The van der Waals surface area contributed by atoms with Crippen molar-refractivity contribution in [2.45, 2.75) is 20.8 Å². The van der Waals surface area contributed by atoms with Crippen molar-refractivity contribution < 1.29 is 19.1 Å². The van der Waals surface area contributed by atoms with Gasteiger partial charge in [-0.05, 0) is 68.3 Å². The first-order valence-corrected chi connectivity index (χ1v) is 10.6. The fourth-order valence-corrected chi connectivity index (χ4v) is 3.13. The largest absolute Gasteiger partial charge is 0.490 e. The molecule has 6 heteroatoms. The zero-order valence-electron chi connectivity index (χ0n) is 18.6. The Morgan fingerprint density at radius 1 is 0.781 bits per heavy atom. The summed E-state index contributed by atoms with van der Waals surface area (Å²) in [4.78, 5) is 25.9. The fraction of sp³-hybridized carbons (Fsp3) is 0.231. The molecule has 0 aliphatic carbocycles. The van der Waals surface area contributed by atoms with E-state index in [1.165, 1.54) is 0 Å². The first kappa shape index (κ1) is 23.0. The Bertz CT molecular complexity index is 1090. The number of rotatable bonds is 9. The van der Waals surface area contributed by atoms with Crippen LogP contribution in [0, 0.1) is 13.8 Å². The van der Waals surface area contributed by atoms with E-state index < -0.39 is 0 Å². The minimum Gasteiger partial charge on any atom is -0.490 e. The lowest BCUT2D eigenvalue weighted by atomic mass is 10.1. The van der Waals surface area contributed by atoms with Gasteiger partial charge >= 0.3 is 0 Å². The average Bonchev–Trinajstić information content (AvgIpc) is 2.79. The zero-order chi connectivity index (χ0) is 22.9. The van der Waals surface area contributed by atoms with Crippen LogP contribution in [0.2, 0.25) is 0 Å². The summed E-state index contributed by atoms with van der Waals surface area (Å²) in [6.07, 6.45) is 0. The number of hydrogen-bond donors (Lipinski definition) is 2. The second-order valence-electron chi connectivity index (χ2n) is 7.29. The predicted octanol–water partition coefficient (Wildman–Crippen LogP) is 5.22. The minimum atomic E-state index is -0.358. The van der Waals surface area contributed by atoms with Gasteiger partial charge in [-0.3, -0.25) is 9.59 Å². The third kappa shape index (κ3) is 5.95. The van der Waals surface area contributed by atoms with Crippen LogP contribution in [0.3, 0.4) is 0 Å². The van der Waals surface area contributed by atoms with Crippen molar-refractivity contribution in [1.29, 1.82) is 0 Å². The molecule has 0 aromatic heterocycles. The summed E-state index contributed by atoms with van der Waals surface area (Å²) >= 11 is 0. The Balaban J connectivity index is 1.75. The highest BCUT2D eigenvalue weighted by atomic mass is 16.5. The molecular weight excluding hydrogens is 404 g/mol. The third-order valence-electron chi connectivity index (χ3n) is 5.01. The smallest absolute Gasteiger partial charge is 0.259 e. The summed E-state index contributed by atoms with van der Waals surface area (Å²) in [5, 5.41) is 5.75. The van der Waals surface area contributed by atoms with E-state index in [1.54, 1.807) is 48.5 Å². The summed E-state index contributed by atoms with van der Waals surface area (Å²) in [6.45, 7) is 7.31. The summed E-state index contributed by atoms with van der Waals surface area (Å²) in [5.41, 5.74) is 4.11. The van der Waals surface area contributed by atoms with Crippen LogP contribution in [0.1, 0.15) is 38.8 Å². The number of nitrogens with one attached hydrogen (secondary N) is 2. The molecule has 2 N–H and O–H groups in total. The van der Waals surface area contributed by atoms with Crippen LogP contribution in [0.25, 0.3) is 0 Å². The molecule has 0 radical (unpaired) electrons. The van der Waals surface area contributed by atoms with Crippen LogP contribution >= 0.6 is 0 Å². The Kier molecular flexibility index (Phi) is 8.00. The molecule has 3 rings (SSSR count). The summed E-state index contributed by atoms with van der Waals surface area (Å²) in [5.74, 6) is -0.199. The van der Waals surface area contributed by atoms with Crippen LogP contribution in [0.4, 0.5) is 11.4 Å². The number of amides is 2. The minimum absolute atomic E-state index is 0.301. The molecule has 0 spiro atoms. The first-order valence-electron chi connectivity index (χ1n) is 10.6. The first-order chi connectivity index (χ1) is 15.5. The number of carbonyl (C=O) groups excluding carboxylic acids is 2. The fourth-order valence-electron chi connectivity index (χ4n) is 3.13. The molecule has 2 amide bonds. The lowest BCUT2D eigenvalue weighted by molar-refractivity contribution is 0.0998. The number of para-hydroxylation sites is 2. The van der Waals surface area contributed by atoms with E-state index in [4.69, 9.17) is 9.47 Å². The number of ether oxygens (including phenoxy) is 2.